The normalized spacial score (nSPS) is 26.6. The molecule has 2 aliphatic rings. The van der Waals surface area contributed by atoms with Crippen molar-refractivity contribution in [2.75, 3.05) is 0 Å². The molecule has 0 radical (unpaired) electrons. The highest BCUT2D eigenvalue weighted by atomic mass is 16.5. The first-order valence-electron chi connectivity index (χ1n) is 8.66. The van der Waals surface area contributed by atoms with Crippen molar-refractivity contribution in [1.82, 2.24) is 4.98 Å². The lowest BCUT2D eigenvalue weighted by Crippen LogP contribution is -2.34. The number of hydrogen-bond acceptors (Lipinski definition) is 4. The van der Waals surface area contributed by atoms with Gasteiger partial charge in [0, 0.05) is 22.9 Å². The molecule has 2 aliphatic heterocycles. The molecule has 132 valence electrons. The minimum Gasteiger partial charge on any atom is -0.489 e. The summed E-state index contributed by atoms with van der Waals surface area (Å²) in [4.78, 5) is 15.0. The van der Waals surface area contributed by atoms with Crippen molar-refractivity contribution in [1.29, 1.82) is 0 Å². The second-order valence-corrected chi connectivity index (χ2v) is 7.72. The monoisotopic (exact) mass is 341 g/mol. The molecule has 1 aromatic heterocycles. The van der Waals surface area contributed by atoms with E-state index in [1.54, 1.807) is 6.07 Å². The average Bonchev–Trinajstić information content (AvgIpc) is 2.50. The van der Waals surface area contributed by atoms with Crippen molar-refractivity contribution >= 4 is 17.0 Å². The summed E-state index contributed by atoms with van der Waals surface area (Å²) in [5, 5.41) is 11.7. The van der Waals surface area contributed by atoms with Crippen LogP contribution < -0.4 is 15.0 Å². The first kappa shape index (κ1) is 16.2. The fourth-order valence-electron chi connectivity index (χ4n) is 3.74. The van der Waals surface area contributed by atoms with Crippen molar-refractivity contribution in [2.45, 2.75) is 52.4 Å². The number of benzene rings is 1. The number of aromatic nitrogens is 1. The van der Waals surface area contributed by atoms with Gasteiger partial charge in [0.1, 0.15) is 23.2 Å². The van der Waals surface area contributed by atoms with E-state index < -0.39 is 11.7 Å². The molecule has 0 bridgehead atoms. The predicted octanol–water partition coefficient (Wildman–Crippen LogP) is 3.47. The van der Waals surface area contributed by atoms with Crippen LogP contribution in [0.3, 0.4) is 0 Å². The molecule has 3 atom stereocenters. The van der Waals surface area contributed by atoms with E-state index in [4.69, 9.17) is 9.47 Å². The van der Waals surface area contributed by atoms with Crippen LogP contribution in [0.5, 0.6) is 11.5 Å². The van der Waals surface area contributed by atoms with Crippen LogP contribution in [0.1, 0.15) is 50.5 Å². The number of rotatable bonds is 0. The van der Waals surface area contributed by atoms with Crippen molar-refractivity contribution in [2.24, 2.45) is 5.92 Å². The molecular weight excluding hydrogens is 318 g/mol. The van der Waals surface area contributed by atoms with Gasteiger partial charge < -0.3 is 19.6 Å². The maximum absolute atomic E-state index is 12.1. The largest absolute Gasteiger partial charge is 0.489 e. The molecule has 0 amide bonds. The molecule has 25 heavy (non-hydrogen) atoms. The third-order valence-electron chi connectivity index (χ3n) is 5.32. The molecule has 0 aliphatic carbocycles. The summed E-state index contributed by atoms with van der Waals surface area (Å²) >= 11 is 0. The van der Waals surface area contributed by atoms with Crippen LogP contribution in [0.4, 0.5) is 0 Å². The summed E-state index contributed by atoms with van der Waals surface area (Å²) in [6.45, 7) is 9.76. The zero-order valence-electron chi connectivity index (χ0n) is 15.1. The Morgan fingerprint density at radius 3 is 2.68 bits per heavy atom. The Morgan fingerprint density at radius 1 is 1.24 bits per heavy atom. The van der Waals surface area contributed by atoms with Gasteiger partial charge in [-0.15, -0.1) is 0 Å². The lowest BCUT2D eigenvalue weighted by Gasteiger charge is -2.38. The SMILES string of the molecule is Cc1cc(=O)[nH]c2c3c(c4c(c12)OC(C)(C)C=C4)O[C@H](C)[C@@H](C)[C@@H]3O. The van der Waals surface area contributed by atoms with Crippen LogP contribution in [-0.2, 0) is 0 Å². The number of hydrogen-bond donors (Lipinski definition) is 2. The lowest BCUT2D eigenvalue weighted by atomic mass is 9.85. The van der Waals surface area contributed by atoms with E-state index in [0.717, 1.165) is 16.5 Å². The molecule has 3 heterocycles. The van der Waals surface area contributed by atoms with Crippen LogP contribution in [0.15, 0.2) is 16.9 Å². The fourth-order valence-corrected chi connectivity index (χ4v) is 3.74. The van der Waals surface area contributed by atoms with E-state index >= 15 is 0 Å². The smallest absolute Gasteiger partial charge is 0.248 e. The van der Waals surface area contributed by atoms with Crippen molar-refractivity contribution in [3.8, 4) is 11.5 Å². The summed E-state index contributed by atoms with van der Waals surface area (Å²) in [5.74, 6) is 1.22. The van der Waals surface area contributed by atoms with Gasteiger partial charge in [0.15, 0.2) is 0 Å². The molecule has 0 fully saturated rings. The number of fused-ring (bicyclic) bond motifs is 6. The van der Waals surface area contributed by atoms with E-state index in [9.17, 15) is 9.90 Å². The first-order chi connectivity index (χ1) is 11.7. The number of aromatic amines is 1. The molecule has 5 nitrogen and oxygen atoms in total. The maximum Gasteiger partial charge on any atom is 0.248 e. The molecule has 1 aromatic carbocycles. The zero-order valence-corrected chi connectivity index (χ0v) is 15.1. The molecule has 2 aromatic rings. The van der Waals surface area contributed by atoms with Crippen LogP contribution >= 0.6 is 0 Å². The van der Waals surface area contributed by atoms with Crippen LogP contribution in [0.25, 0.3) is 17.0 Å². The van der Waals surface area contributed by atoms with Crippen molar-refractivity contribution < 1.29 is 14.6 Å². The Morgan fingerprint density at radius 2 is 1.96 bits per heavy atom. The van der Waals surface area contributed by atoms with E-state index in [2.05, 4.69) is 4.98 Å². The number of aliphatic hydroxyl groups is 1. The Balaban J connectivity index is 2.18. The molecular formula is C20H23NO4. The Bertz CT molecular complexity index is 970. The van der Waals surface area contributed by atoms with Crippen LogP contribution in [0, 0.1) is 12.8 Å². The van der Waals surface area contributed by atoms with E-state index in [0.29, 0.717) is 22.6 Å². The number of aryl methyl sites for hydroxylation is 1. The van der Waals surface area contributed by atoms with Gasteiger partial charge in [-0.3, -0.25) is 4.79 Å². The summed E-state index contributed by atoms with van der Waals surface area (Å²) < 4.78 is 12.4. The molecule has 4 rings (SSSR count). The molecule has 0 saturated carbocycles. The van der Waals surface area contributed by atoms with Gasteiger partial charge >= 0.3 is 0 Å². The van der Waals surface area contributed by atoms with Gasteiger partial charge in [-0.2, -0.15) is 0 Å². The van der Waals surface area contributed by atoms with Crippen LogP contribution in [-0.4, -0.2) is 21.8 Å². The minimum atomic E-state index is -0.715. The Hall–Kier alpha value is -2.27. The summed E-state index contributed by atoms with van der Waals surface area (Å²) in [6.07, 6.45) is 3.13. The number of pyridine rings is 1. The summed E-state index contributed by atoms with van der Waals surface area (Å²) in [6, 6.07) is 1.56. The van der Waals surface area contributed by atoms with Gasteiger partial charge in [-0.25, -0.2) is 0 Å². The molecule has 2 N–H and O–H groups in total. The Kier molecular flexibility index (Phi) is 3.32. The lowest BCUT2D eigenvalue weighted by molar-refractivity contribution is 0.0180. The highest BCUT2D eigenvalue weighted by Crippen LogP contribution is 2.51. The highest BCUT2D eigenvalue weighted by molar-refractivity contribution is 5.98. The topological polar surface area (TPSA) is 71.6 Å². The van der Waals surface area contributed by atoms with E-state index in [-0.39, 0.29) is 17.6 Å². The zero-order chi connectivity index (χ0) is 18.1. The molecule has 0 saturated heterocycles. The van der Waals surface area contributed by atoms with Crippen molar-refractivity contribution in [3.63, 3.8) is 0 Å². The average molecular weight is 341 g/mol. The van der Waals surface area contributed by atoms with Gasteiger partial charge in [0.25, 0.3) is 0 Å². The van der Waals surface area contributed by atoms with Gasteiger partial charge in [-0.05, 0) is 45.4 Å². The number of H-pyrrole nitrogens is 1. The standard InChI is InChI=1S/C20H23NO4/c1-9-8-13(22)21-16-14(9)19-12(6-7-20(4,5)25-19)18-15(16)17(23)10(2)11(3)24-18/h6-8,10-11,17,23H,1-5H3,(H,21,22)/t10-,11-,17+/m1/s1. The summed E-state index contributed by atoms with van der Waals surface area (Å²) in [5.41, 5.74) is 2.25. The van der Waals surface area contributed by atoms with Gasteiger partial charge in [0.05, 0.1) is 17.2 Å². The van der Waals surface area contributed by atoms with E-state index in [1.807, 2.05) is 46.8 Å². The second-order valence-electron chi connectivity index (χ2n) is 7.72. The predicted molar refractivity (Wildman–Crippen MR) is 97.3 cm³/mol. The maximum atomic E-state index is 12.1. The summed E-state index contributed by atoms with van der Waals surface area (Å²) in [7, 11) is 0. The third kappa shape index (κ3) is 2.29. The molecule has 0 spiro atoms. The quantitative estimate of drug-likeness (QED) is 0.770. The minimum absolute atomic E-state index is 0.0808. The number of ether oxygens (including phenoxy) is 2. The second kappa shape index (κ2) is 5.11. The molecule has 5 heteroatoms. The van der Waals surface area contributed by atoms with Gasteiger partial charge in [0.2, 0.25) is 5.56 Å². The third-order valence-corrected chi connectivity index (χ3v) is 5.32. The van der Waals surface area contributed by atoms with E-state index in [1.165, 1.54) is 0 Å². The molecule has 0 unspecified atom stereocenters. The van der Waals surface area contributed by atoms with Gasteiger partial charge in [-0.1, -0.05) is 6.92 Å². The van der Waals surface area contributed by atoms with Crippen LogP contribution in [0.2, 0.25) is 0 Å². The fraction of sp³-hybridized carbons (Fsp3) is 0.450. The first-order valence-corrected chi connectivity index (χ1v) is 8.66. The highest BCUT2D eigenvalue weighted by Gasteiger charge is 2.38. The number of nitrogens with one attached hydrogen (secondary N) is 1. The Labute approximate surface area is 146 Å². The van der Waals surface area contributed by atoms with Crippen molar-refractivity contribution in [3.05, 3.63) is 39.2 Å². The number of aliphatic hydroxyl groups excluding tert-OH is 1.